The van der Waals surface area contributed by atoms with Crippen molar-refractivity contribution < 1.29 is 18.8 Å². The second-order valence-electron chi connectivity index (χ2n) is 6.25. The van der Waals surface area contributed by atoms with E-state index in [9.17, 15) is 14.5 Å². The smallest absolute Gasteiger partial charge is 0.328 e. The number of halogens is 1. The van der Waals surface area contributed by atoms with E-state index in [4.69, 9.17) is 9.47 Å². The molecular formula is C16H22FN3O4. The fourth-order valence-electron chi connectivity index (χ4n) is 3.36. The summed E-state index contributed by atoms with van der Waals surface area (Å²) in [5.74, 6) is -0.00123. The van der Waals surface area contributed by atoms with Gasteiger partial charge in [-0.2, -0.15) is 4.39 Å². The molecule has 0 N–H and O–H groups in total. The van der Waals surface area contributed by atoms with Crippen molar-refractivity contribution in [3.05, 3.63) is 28.1 Å². The summed E-state index contributed by atoms with van der Waals surface area (Å²) in [5, 5.41) is 11.3. The molecule has 0 bridgehead atoms. The highest BCUT2D eigenvalue weighted by atomic mass is 19.1. The highest BCUT2D eigenvalue weighted by Crippen LogP contribution is 2.35. The van der Waals surface area contributed by atoms with E-state index in [0.29, 0.717) is 30.4 Å². The molecule has 1 unspecified atom stereocenters. The molecule has 7 nitrogen and oxygen atoms in total. The topological polar surface area (TPSA) is 68.1 Å². The Kier molecular flexibility index (Phi) is 5.15. The Balaban J connectivity index is 1.71. The van der Waals surface area contributed by atoms with Crippen molar-refractivity contribution in [3.8, 4) is 5.75 Å². The van der Waals surface area contributed by atoms with Gasteiger partial charge in [0.1, 0.15) is 11.4 Å². The van der Waals surface area contributed by atoms with E-state index in [-0.39, 0.29) is 0 Å². The van der Waals surface area contributed by atoms with Gasteiger partial charge in [0.2, 0.25) is 5.82 Å². The van der Waals surface area contributed by atoms with Crippen LogP contribution in [0.5, 0.6) is 5.75 Å². The van der Waals surface area contributed by atoms with Crippen LogP contribution in [0.3, 0.4) is 0 Å². The fourth-order valence-corrected chi connectivity index (χ4v) is 3.36. The minimum absolute atomic E-state index is 0.290. The maximum atomic E-state index is 14.1. The number of piperazine rings is 1. The number of anilines is 1. The zero-order valence-electron chi connectivity index (χ0n) is 13.7. The first-order valence-corrected chi connectivity index (χ1v) is 8.15. The zero-order valence-corrected chi connectivity index (χ0v) is 13.7. The third-order valence-electron chi connectivity index (χ3n) is 4.69. The lowest BCUT2D eigenvalue weighted by molar-refractivity contribution is -0.386. The number of benzene rings is 1. The van der Waals surface area contributed by atoms with Gasteiger partial charge in [-0.3, -0.25) is 15.0 Å². The number of nitrogens with zero attached hydrogens (tertiary/aromatic N) is 3. The number of hydrogen-bond acceptors (Lipinski definition) is 6. The van der Waals surface area contributed by atoms with Crippen LogP contribution in [0.1, 0.15) is 6.42 Å². The average molecular weight is 339 g/mol. The van der Waals surface area contributed by atoms with Crippen LogP contribution < -0.4 is 9.64 Å². The van der Waals surface area contributed by atoms with Crippen LogP contribution in [0.25, 0.3) is 0 Å². The summed E-state index contributed by atoms with van der Waals surface area (Å²) >= 11 is 0. The summed E-state index contributed by atoms with van der Waals surface area (Å²) in [5.41, 5.74) is -0.186. The standard InChI is InChI=1S/C16H22FN3O4/c1-23-13-8-14(17)16(20(21)22)15(9-13)19-5-3-18(4-6-19)10-12-2-7-24-11-12/h8-9,12H,2-7,10-11H2,1H3. The Morgan fingerprint density at radius 1 is 1.38 bits per heavy atom. The summed E-state index contributed by atoms with van der Waals surface area (Å²) in [6.07, 6.45) is 1.09. The van der Waals surface area contributed by atoms with Crippen molar-refractivity contribution in [2.45, 2.75) is 6.42 Å². The van der Waals surface area contributed by atoms with Crippen LogP contribution in [0.2, 0.25) is 0 Å². The van der Waals surface area contributed by atoms with Crippen LogP contribution in [-0.2, 0) is 4.74 Å². The first kappa shape index (κ1) is 16.9. The van der Waals surface area contributed by atoms with E-state index >= 15 is 0 Å². The van der Waals surface area contributed by atoms with E-state index in [0.717, 1.165) is 45.3 Å². The molecule has 3 rings (SSSR count). The van der Waals surface area contributed by atoms with Crippen molar-refractivity contribution in [3.63, 3.8) is 0 Å². The molecule has 24 heavy (non-hydrogen) atoms. The molecule has 1 aromatic rings. The van der Waals surface area contributed by atoms with Crippen molar-refractivity contribution >= 4 is 11.4 Å². The molecule has 2 heterocycles. The van der Waals surface area contributed by atoms with Gasteiger partial charge in [0.25, 0.3) is 0 Å². The summed E-state index contributed by atoms with van der Waals surface area (Å²) in [7, 11) is 1.42. The number of ether oxygens (including phenoxy) is 2. The lowest BCUT2D eigenvalue weighted by atomic mass is 10.1. The summed E-state index contributed by atoms with van der Waals surface area (Å²) in [6, 6.07) is 2.60. The van der Waals surface area contributed by atoms with E-state index < -0.39 is 16.4 Å². The van der Waals surface area contributed by atoms with Gasteiger partial charge in [-0.05, 0) is 12.3 Å². The zero-order chi connectivity index (χ0) is 17.1. The van der Waals surface area contributed by atoms with Gasteiger partial charge in [-0.1, -0.05) is 0 Å². The van der Waals surface area contributed by atoms with Gasteiger partial charge >= 0.3 is 5.69 Å². The van der Waals surface area contributed by atoms with Crippen molar-refractivity contribution in [2.24, 2.45) is 5.92 Å². The molecule has 0 amide bonds. The van der Waals surface area contributed by atoms with Gasteiger partial charge < -0.3 is 14.4 Å². The maximum Gasteiger partial charge on any atom is 0.328 e. The first-order chi connectivity index (χ1) is 11.6. The molecule has 132 valence electrons. The van der Waals surface area contributed by atoms with Crippen LogP contribution >= 0.6 is 0 Å². The highest BCUT2D eigenvalue weighted by Gasteiger charge is 2.29. The summed E-state index contributed by atoms with van der Waals surface area (Å²) in [4.78, 5) is 14.8. The second kappa shape index (κ2) is 7.31. The molecule has 2 saturated heterocycles. The Morgan fingerprint density at radius 3 is 2.71 bits per heavy atom. The summed E-state index contributed by atoms with van der Waals surface area (Å²) < 4.78 is 24.5. The van der Waals surface area contributed by atoms with Crippen molar-refractivity contribution in [2.75, 3.05) is 57.9 Å². The number of methoxy groups -OCH3 is 1. The molecular weight excluding hydrogens is 317 g/mol. The molecule has 0 saturated carbocycles. The molecule has 0 radical (unpaired) electrons. The van der Waals surface area contributed by atoms with Crippen molar-refractivity contribution in [1.82, 2.24) is 4.90 Å². The Hall–Kier alpha value is -1.93. The normalized spacial score (nSPS) is 21.9. The highest BCUT2D eigenvalue weighted by molar-refractivity contribution is 5.66. The van der Waals surface area contributed by atoms with Crippen molar-refractivity contribution in [1.29, 1.82) is 0 Å². The van der Waals surface area contributed by atoms with Crippen LogP contribution in [0.15, 0.2) is 12.1 Å². The number of rotatable bonds is 5. The summed E-state index contributed by atoms with van der Waals surface area (Å²) in [6.45, 7) is 5.48. The molecule has 1 atom stereocenters. The van der Waals surface area contributed by atoms with Gasteiger partial charge in [0.05, 0.1) is 18.6 Å². The van der Waals surface area contributed by atoms with Gasteiger partial charge in [-0.25, -0.2) is 0 Å². The molecule has 0 aliphatic carbocycles. The van der Waals surface area contributed by atoms with Crippen LogP contribution in [0, 0.1) is 21.8 Å². The van der Waals surface area contributed by atoms with Crippen LogP contribution in [-0.4, -0.2) is 62.9 Å². The predicted molar refractivity (Wildman–Crippen MR) is 87.2 cm³/mol. The van der Waals surface area contributed by atoms with Crippen LogP contribution in [0.4, 0.5) is 15.8 Å². The largest absolute Gasteiger partial charge is 0.497 e. The maximum absolute atomic E-state index is 14.1. The van der Waals surface area contributed by atoms with E-state index in [1.807, 2.05) is 4.90 Å². The third kappa shape index (κ3) is 3.59. The molecule has 8 heteroatoms. The average Bonchev–Trinajstić information content (AvgIpc) is 3.07. The third-order valence-corrected chi connectivity index (χ3v) is 4.69. The molecule has 2 aliphatic heterocycles. The van der Waals surface area contributed by atoms with E-state index in [1.54, 1.807) is 6.07 Å². The lowest BCUT2D eigenvalue weighted by Gasteiger charge is -2.36. The number of hydrogen-bond donors (Lipinski definition) is 0. The first-order valence-electron chi connectivity index (χ1n) is 8.15. The minimum Gasteiger partial charge on any atom is -0.497 e. The Labute approximate surface area is 140 Å². The van der Waals surface area contributed by atoms with E-state index in [1.165, 1.54) is 7.11 Å². The number of nitro benzene ring substituents is 1. The molecule has 0 aromatic heterocycles. The van der Waals surface area contributed by atoms with Gasteiger partial charge in [-0.15, -0.1) is 0 Å². The molecule has 1 aromatic carbocycles. The van der Waals surface area contributed by atoms with Gasteiger partial charge in [0, 0.05) is 51.5 Å². The predicted octanol–water partition coefficient (Wildman–Crippen LogP) is 1.90. The minimum atomic E-state index is -0.861. The van der Waals surface area contributed by atoms with Gasteiger partial charge in [0.15, 0.2) is 0 Å². The monoisotopic (exact) mass is 339 g/mol. The fraction of sp³-hybridized carbons (Fsp3) is 0.625. The quantitative estimate of drug-likeness (QED) is 0.603. The van der Waals surface area contributed by atoms with E-state index in [2.05, 4.69) is 4.90 Å². The lowest BCUT2D eigenvalue weighted by Crippen LogP contribution is -2.48. The Bertz CT molecular complexity index is 599. The molecule has 2 fully saturated rings. The second-order valence-corrected chi connectivity index (χ2v) is 6.25. The SMILES string of the molecule is COc1cc(F)c([N+](=O)[O-])c(N2CCN(CC3CCOC3)CC2)c1. The molecule has 0 spiro atoms. The Morgan fingerprint density at radius 2 is 2.12 bits per heavy atom. The number of nitro groups is 1. The molecule has 2 aliphatic rings.